The van der Waals surface area contributed by atoms with Crippen molar-refractivity contribution in [3.05, 3.63) is 88.2 Å². The first-order valence-corrected chi connectivity index (χ1v) is 11.9. The molecule has 0 aliphatic carbocycles. The maximum absolute atomic E-state index is 12.9. The number of hydrogen-bond donors (Lipinski definition) is 1. The highest BCUT2D eigenvalue weighted by Gasteiger charge is 2.23. The molecule has 3 heterocycles. The molecule has 0 spiro atoms. The summed E-state index contributed by atoms with van der Waals surface area (Å²) in [7, 11) is 4.90. The lowest BCUT2D eigenvalue weighted by atomic mass is 9.92. The van der Waals surface area contributed by atoms with Gasteiger partial charge in [0.1, 0.15) is 17.3 Å². The van der Waals surface area contributed by atoms with E-state index in [1.54, 1.807) is 32.2 Å². The molecule has 0 fully saturated rings. The molecule has 4 aromatic rings. The van der Waals surface area contributed by atoms with Crippen molar-refractivity contribution in [2.75, 3.05) is 33.2 Å². The molecular formula is C28H29N3O5. The molecule has 0 unspecified atom stereocenters. The number of para-hydroxylation sites is 1. The highest BCUT2D eigenvalue weighted by atomic mass is 16.5. The number of nitrogens with zero attached hydrogens (tertiary/aromatic N) is 2. The van der Waals surface area contributed by atoms with Crippen LogP contribution in [0.25, 0.3) is 11.3 Å². The predicted molar refractivity (Wildman–Crippen MR) is 137 cm³/mol. The van der Waals surface area contributed by atoms with Gasteiger partial charge in [-0.2, -0.15) is 4.98 Å². The first-order valence-electron chi connectivity index (χ1n) is 11.9. The van der Waals surface area contributed by atoms with Crippen molar-refractivity contribution in [3.63, 3.8) is 0 Å². The second-order valence-electron chi connectivity index (χ2n) is 8.60. The fourth-order valence-corrected chi connectivity index (χ4v) is 4.87. The molecule has 8 nitrogen and oxygen atoms in total. The van der Waals surface area contributed by atoms with E-state index in [9.17, 15) is 4.79 Å². The summed E-state index contributed by atoms with van der Waals surface area (Å²) in [6, 6.07) is 17.6. The fraction of sp³-hybridized carbons (Fsp3) is 0.286. The van der Waals surface area contributed by atoms with Crippen LogP contribution in [0.1, 0.15) is 29.2 Å². The minimum atomic E-state index is -0.275. The summed E-state index contributed by atoms with van der Waals surface area (Å²) in [6.07, 6.45) is 3.12. The molecule has 2 aromatic heterocycles. The van der Waals surface area contributed by atoms with Gasteiger partial charge >= 0.3 is 5.69 Å². The summed E-state index contributed by atoms with van der Waals surface area (Å²) >= 11 is 0. The van der Waals surface area contributed by atoms with Crippen molar-refractivity contribution >= 4 is 5.82 Å². The fourth-order valence-electron chi connectivity index (χ4n) is 4.87. The zero-order chi connectivity index (χ0) is 25.1. The molecule has 8 heteroatoms. The molecule has 1 aliphatic heterocycles. The lowest BCUT2D eigenvalue weighted by Gasteiger charge is -2.23. The van der Waals surface area contributed by atoms with Gasteiger partial charge < -0.3 is 23.9 Å². The maximum atomic E-state index is 12.9. The third kappa shape index (κ3) is 4.42. The van der Waals surface area contributed by atoms with E-state index in [0.717, 1.165) is 46.7 Å². The Morgan fingerprint density at radius 3 is 2.53 bits per heavy atom. The smallest absolute Gasteiger partial charge is 0.349 e. The van der Waals surface area contributed by atoms with Crippen LogP contribution in [0.15, 0.2) is 70.1 Å². The van der Waals surface area contributed by atoms with E-state index in [1.165, 1.54) is 0 Å². The Hall–Kier alpha value is -4.20. The quantitative estimate of drug-likeness (QED) is 0.366. The Morgan fingerprint density at radius 2 is 1.78 bits per heavy atom. The monoisotopic (exact) mass is 487 g/mol. The Labute approximate surface area is 209 Å². The SMILES string of the molecule is COc1cc2c(cc1OC)-c1cc(NCC[C@H](c3ccco3)c3ccccc3OC)nc(=O)n1CC2. The van der Waals surface area contributed by atoms with Crippen LogP contribution in [-0.2, 0) is 13.0 Å². The second kappa shape index (κ2) is 10.2. The molecule has 1 atom stereocenters. The number of benzene rings is 2. The van der Waals surface area contributed by atoms with Crippen molar-refractivity contribution in [2.45, 2.75) is 25.3 Å². The van der Waals surface area contributed by atoms with Gasteiger partial charge in [0, 0.05) is 36.2 Å². The van der Waals surface area contributed by atoms with Crippen LogP contribution in [0.2, 0.25) is 0 Å². The number of furan rings is 1. The summed E-state index contributed by atoms with van der Waals surface area (Å²) in [5, 5.41) is 3.35. The molecular weight excluding hydrogens is 458 g/mol. The lowest BCUT2D eigenvalue weighted by Crippen LogP contribution is -2.29. The Balaban J connectivity index is 1.41. The van der Waals surface area contributed by atoms with Gasteiger partial charge in [-0.1, -0.05) is 18.2 Å². The van der Waals surface area contributed by atoms with Gasteiger partial charge in [-0.25, -0.2) is 4.79 Å². The third-order valence-electron chi connectivity index (χ3n) is 6.64. The molecule has 5 rings (SSSR count). The predicted octanol–water partition coefficient (Wildman–Crippen LogP) is 4.72. The zero-order valence-corrected chi connectivity index (χ0v) is 20.6. The molecule has 0 radical (unpaired) electrons. The highest BCUT2D eigenvalue weighted by Crippen LogP contribution is 2.38. The van der Waals surface area contributed by atoms with Crippen LogP contribution in [0, 0.1) is 0 Å². The minimum Gasteiger partial charge on any atom is -0.496 e. The summed E-state index contributed by atoms with van der Waals surface area (Å²) in [4.78, 5) is 17.2. The van der Waals surface area contributed by atoms with Crippen LogP contribution in [0.4, 0.5) is 5.82 Å². The molecule has 1 N–H and O–H groups in total. The molecule has 1 aliphatic rings. The number of rotatable bonds is 9. The van der Waals surface area contributed by atoms with Crippen LogP contribution in [0.3, 0.4) is 0 Å². The molecule has 36 heavy (non-hydrogen) atoms. The first-order chi connectivity index (χ1) is 17.6. The van der Waals surface area contributed by atoms with Crippen LogP contribution >= 0.6 is 0 Å². The molecule has 0 bridgehead atoms. The summed E-state index contributed by atoms with van der Waals surface area (Å²) in [5.74, 6) is 3.49. The maximum Gasteiger partial charge on any atom is 0.349 e. The first kappa shape index (κ1) is 23.5. The number of methoxy groups -OCH3 is 3. The largest absolute Gasteiger partial charge is 0.496 e. The highest BCUT2D eigenvalue weighted by molar-refractivity contribution is 5.71. The standard InChI is InChI=1S/C28H29N3O5/c1-33-23-8-5-4-7-19(23)20(24-9-6-14-36-24)10-12-29-27-17-22-21-16-26(35-3)25(34-2)15-18(21)11-13-31(22)28(32)30-27/h4-9,14-17,20H,10-13H2,1-3H3,(H,29,30,32)/t20-/m0/s1. The van der Waals surface area contributed by atoms with Gasteiger partial charge in [0.05, 0.1) is 33.3 Å². The Morgan fingerprint density at radius 1 is 1.00 bits per heavy atom. The van der Waals surface area contributed by atoms with Crippen molar-refractivity contribution < 1.29 is 18.6 Å². The minimum absolute atomic E-state index is 0.0140. The van der Waals surface area contributed by atoms with Crippen molar-refractivity contribution in [2.24, 2.45) is 0 Å². The van der Waals surface area contributed by atoms with Gasteiger partial charge in [0.15, 0.2) is 11.5 Å². The molecule has 2 aromatic carbocycles. The van der Waals surface area contributed by atoms with Crippen molar-refractivity contribution in [3.8, 4) is 28.5 Å². The normalized spacial score (nSPS) is 12.9. The van der Waals surface area contributed by atoms with Gasteiger partial charge in [-0.15, -0.1) is 0 Å². The summed E-state index contributed by atoms with van der Waals surface area (Å²) < 4.78 is 24.0. The molecule has 186 valence electrons. The number of anilines is 1. The van der Waals surface area contributed by atoms with Crippen molar-refractivity contribution in [1.82, 2.24) is 9.55 Å². The lowest BCUT2D eigenvalue weighted by molar-refractivity contribution is 0.354. The number of aromatic nitrogens is 2. The topological polar surface area (TPSA) is 87.8 Å². The van der Waals surface area contributed by atoms with E-state index in [4.69, 9.17) is 18.6 Å². The Bertz CT molecular complexity index is 1410. The zero-order valence-electron chi connectivity index (χ0n) is 20.6. The molecule has 0 amide bonds. The number of nitrogens with one attached hydrogen (secondary N) is 1. The molecule has 0 saturated heterocycles. The van der Waals surface area contributed by atoms with E-state index in [1.807, 2.05) is 54.6 Å². The van der Waals surface area contributed by atoms with E-state index in [2.05, 4.69) is 10.3 Å². The van der Waals surface area contributed by atoms with Gasteiger partial charge in [0.25, 0.3) is 0 Å². The van der Waals surface area contributed by atoms with Gasteiger partial charge in [-0.05, 0) is 48.7 Å². The Kier molecular flexibility index (Phi) is 6.66. The number of aryl methyl sites for hydroxylation is 1. The van der Waals surface area contributed by atoms with E-state index in [0.29, 0.717) is 30.4 Å². The van der Waals surface area contributed by atoms with E-state index < -0.39 is 0 Å². The van der Waals surface area contributed by atoms with Crippen LogP contribution in [0.5, 0.6) is 17.2 Å². The average molecular weight is 488 g/mol. The van der Waals surface area contributed by atoms with Gasteiger partial charge in [0.2, 0.25) is 0 Å². The molecule has 0 saturated carbocycles. The number of hydrogen-bond acceptors (Lipinski definition) is 7. The van der Waals surface area contributed by atoms with E-state index >= 15 is 0 Å². The summed E-state index contributed by atoms with van der Waals surface area (Å²) in [5.41, 5.74) is 3.64. The number of fused-ring (bicyclic) bond motifs is 3. The van der Waals surface area contributed by atoms with Crippen LogP contribution < -0.4 is 25.2 Å². The third-order valence-corrected chi connectivity index (χ3v) is 6.64. The van der Waals surface area contributed by atoms with Gasteiger partial charge in [-0.3, -0.25) is 4.57 Å². The van der Waals surface area contributed by atoms with E-state index in [-0.39, 0.29) is 11.6 Å². The number of ether oxygens (including phenoxy) is 3. The average Bonchev–Trinajstić information content (AvgIpc) is 3.45. The summed E-state index contributed by atoms with van der Waals surface area (Å²) in [6.45, 7) is 1.15. The second-order valence-corrected chi connectivity index (χ2v) is 8.60. The van der Waals surface area contributed by atoms with Crippen LogP contribution in [-0.4, -0.2) is 37.4 Å². The van der Waals surface area contributed by atoms with Crippen molar-refractivity contribution in [1.29, 1.82) is 0 Å².